The average molecular weight is 257 g/mol. The minimum absolute atomic E-state index is 0.0119. The van der Waals surface area contributed by atoms with Gasteiger partial charge in [-0.3, -0.25) is 0 Å². The summed E-state index contributed by atoms with van der Waals surface area (Å²) in [7, 11) is 0. The lowest BCUT2D eigenvalue weighted by atomic mass is 9.96. The predicted octanol–water partition coefficient (Wildman–Crippen LogP) is 1.32. The van der Waals surface area contributed by atoms with Crippen molar-refractivity contribution >= 4 is 6.03 Å². The maximum absolute atomic E-state index is 12.4. The zero-order valence-corrected chi connectivity index (χ0v) is 11.9. The lowest BCUT2D eigenvalue weighted by Gasteiger charge is -2.40. The summed E-state index contributed by atoms with van der Waals surface area (Å²) in [5, 5.41) is 3.04. The fraction of sp³-hybridized carbons (Fsp3) is 0.923. The molecule has 5 heteroatoms. The number of hydrogen-bond donors (Lipinski definition) is 2. The van der Waals surface area contributed by atoms with E-state index in [1.54, 1.807) is 0 Å². The Morgan fingerprint density at radius 1 is 1.56 bits per heavy atom. The minimum Gasteiger partial charge on any atom is -0.379 e. The molecule has 0 aromatic carbocycles. The molecular formula is C13H27N3O2. The van der Waals surface area contributed by atoms with Crippen molar-refractivity contribution in [3.8, 4) is 0 Å². The highest BCUT2D eigenvalue weighted by Gasteiger charge is 2.33. The highest BCUT2D eigenvalue weighted by molar-refractivity contribution is 5.75. The first kappa shape index (κ1) is 15.2. The molecule has 1 saturated heterocycles. The smallest absolute Gasteiger partial charge is 0.318 e. The average Bonchev–Trinajstić information content (AvgIpc) is 2.87. The molecule has 0 bridgehead atoms. The van der Waals surface area contributed by atoms with Gasteiger partial charge < -0.3 is 20.7 Å². The van der Waals surface area contributed by atoms with Crippen LogP contribution in [0.1, 0.15) is 40.0 Å². The largest absolute Gasteiger partial charge is 0.379 e. The molecule has 0 aliphatic carbocycles. The molecule has 0 aromatic heterocycles. The van der Waals surface area contributed by atoms with Crippen LogP contribution in [0, 0.1) is 0 Å². The second kappa shape index (κ2) is 6.95. The molecular weight excluding hydrogens is 230 g/mol. The first-order valence-electron chi connectivity index (χ1n) is 6.93. The predicted molar refractivity (Wildman–Crippen MR) is 72.5 cm³/mol. The molecule has 3 N–H and O–H groups in total. The molecule has 1 heterocycles. The summed E-state index contributed by atoms with van der Waals surface area (Å²) in [6.45, 7) is 8.78. The van der Waals surface area contributed by atoms with Gasteiger partial charge in [-0.15, -0.1) is 0 Å². The Balaban J connectivity index is 2.67. The Hall–Kier alpha value is -0.810. The van der Waals surface area contributed by atoms with Gasteiger partial charge in [-0.1, -0.05) is 13.8 Å². The van der Waals surface area contributed by atoms with Crippen molar-refractivity contribution in [1.29, 1.82) is 0 Å². The Labute approximate surface area is 110 Å². The topological polar surface area (TPSA) is 67.6 Å². The molecule has 106 valence electrons. The van der Waals surface area contributed by atoms with E-state index in [1.807, 2.05) is 11.8 Å². The maximum Gasteiger partial charge on any atom is 0.318 e. The van der Waals surface area contributed by atoms with Crippen molar-refractivity contribution in [2.75, 3.05) is 26.3 Å². The van der Waals surface area contributed by atoms with Crippen molar-refractivity contribution in [3.05, 3.63) is 0 Å². The maximum atomic E-state index is 12.4. The molecule has 0 saturated carbocycles. The van der Waals surface area contributed by atoms with Crippen LogP contribution in [0.4, 0.5) is 4.79 Å². The second-order valence-electron chi connectivity index (χ2n) is 5.22. The molecule has 2 atom stereocenters. The van der Waals surface area contributed by atoms with Gasteiger partial charge in [-0.05, 0) is 26.2 Å². The fourth-order valence-electron chi connectivity index (χ4n) is 2.19. The summed E-state index contributed by atoms with van der Waals surface area (Å²) < 4.78 is 5.28. The Bertz CT molecular complexity index is 261. The SMILES string of the molecule is CCCN(C(=O)NC1CCOC1)C(C)(CC)CN. The number of nitrogens with zero attached hydrogens (tertiary/aromatic N) is 1. The first-order chi connectivity index (χ1) is 8.57. The van der Waals surface area contributed by atoms with E-state index in [2.05, 4.69) is 19.2 Å². The minimum atomic E-state index is -0.264. The summed E-state index contributed by atoms with van der Waals surface area (Å²) in [5.41, 5.74) is 5.58. The molecule has 0 radical (unpaired) electrons. The molecule has 2 amide bonds. The van der Waals surface area contributed by atoms with Crippen molar-refractivity contribution in [3.63, 3.8) is 0 Å². The highest BCUT2D eigenvalue weighted by Crippen LogP contribution is 2.19. The van der Waals surface area contributed by atoms with Gasteiger partial charge in [0.2, 0.25) is 0 Å². The van der Waals surface area contributed by atoms with Crippen LogP contribution >= 0.6 is 0 Å². The van der Waals surface area contributed by atoms with Gasteiger partial charge in [0.25, 0.3) is 0 Å². The Morgan fingerprint density at radius 2 is 2.28 bits per heavy atom. The first-order valence-corrected chi connectivity index (χ1v) is 6.93. The third-order valence-corrected chi connectivity index (χ3v) is 3.80. The second-order valence-corrected chi connectivity index (χ2v) is 5.22. The van der Waals surface area contributed by atoms with Crippen LogP contribution in [0.5, 0.6) is 0 Å². The van der Waals surface area contributed by atoms with Crippen LogP contribution in [0.3, 0.4) is 0 Å². The fourth-order valence-corrected chi connectivity index (χ4v) is 2.19. The monoisotopic (exact) mass is 257 g/mol. The van der Waals surface area contributed by atoms with Crippen molar-refractivity contribution in [1.82, 2.24) is 10.2 Å². The number of carbonyl (C=O) groups is 1. The molecule has 5 nitrogen and oxygen atoms in total. The van der Waals surface area contributed by atoms with Crippen molar-refractivity contribution in [2.24, 2.45) is 5.73 Å². The van der Waals surface area contributed by atoms with Crippen molar-refractivity contribution in [2.45, 2.75) is 51.6 Å². The van der Waals surface area contributed by atoms with Gasteiger partial charge in [0.1, 0.15) is 0 Å². The number of rotatable bonds is 6. The normalized spacial score (nSPS) is 22.6. The van der Waals surface area contributed by atoms with E-state index in [0.29, 0.717) is 13.2 Å². The van der Waals surface area contributed by atoms with Crippen LogP contribution in [-0.2, 0) is 4.74 Å². The number of amides is 2. The zero-order chi connectivity index (χ0) is 13.6. The molecule has 1 fully saturated rings. The number of ether oxygens (including phenoxy) is 1. The van der Waals surface area contributed by atoms with Gasteiger partial charge in [0, 0.05) is 19.7 Å². The van der Waals surface area contributed by atoms with E-state index in [-0.39, 0.29) is 17.6 Å². The molecule has 2 unspecified atom stereocenters. The lowest BCUT2D eigenvalue weighted by molar-refractivity contribution is 0.120. The zero-order valence-electron chi connectivity index (χ0n) is 11.9. The van der Waals surface area contributed by atoms with Crippen LogP contribution in [0.15, 0.2) is 0 Å². The number of carbonyl (C=O) groups excluding carboxylic acids is 1. The molecule has 0 spiro atoms. The summed E-state index contributed by atoms with van der Waals surface area (Å²) in [5.74, 6) is 0. The van der Waals surface area contributed by atoms with E-state index in [4.69, 9.17) is 10.5 Å². The Morgan fingerprint density at radius 3 is 2.72 bits per heavy atom. The number of hydrogen-bond acceptors (Lipinski definition) is 3. The summed E-state index contributed by atoms with van der Waals surface area (Å²) in [6, 6.07) is 0.137. The number of nitrogens with one attached hydrogen (secondary N) is 1. The lowest BCUT2D eigenvalue weighted by Crippen LogP contribution is -2.58. The third-order valence-electron chi connectivity index (χ3n) is 3.80. The molecule has 0 aromatic rings. The van der Waals surface area contributed by atoms with Gasteiger partial charge in [0.05, 0.1) is 18.2 Å². The van der Waals surface area contributed by atoms with E-state index in [0.717, 1.165) is 32.4 Å². The van der Waals surface area contributed by atoms with Gasteiger partial charge in [-0.2, -0.15) is 0 Å². The van der Waals surface area contributed by atoms with Crippen LogP contribution in [0.25, 0.3) is 0 Å². The quantitative estimate of drug-likeness (QED) is 0.754. The molecule has 1 rings (SSSR count). The van der Waals surface area contributed by atoms with E-state index >= 15 is 0 Å². The van der Waals surface area contributed by atoms with E-state index < -0.39 is 0 Å². The standard InChI is InChI=1S/C13H27N3O2/c1-4-7-16(13(3,5-2)10-14)12(17)15-11-6-8-18-9-11/h11H,4-10,14H2,1-3H3,(H,15,17). The van der Waals surface area contributed by atoms with Gasteiger partial charge in [0.15, 0.2) is 0 Å². The van der Waals surface area contributed by atoms with Crippen LogP contribution in [-0.4, -0.2) is 48.8 Å². The number of urea groups is 1. The Kier molecular flexibility index (Phi) is 5.88. The van der Waals surface area contributed by atoms with E-state index in [9.17, 15) is 4.79 Å². The van der Waals surface area contributed by atoms with Gasteiger partial charge >= 0.3 is 6.03 Å². The summed E-state index contributed by atoms with van der Waals surface area (Å²) in [4.78, 5) is 14.2. The summed E-state index contributed by atoms with van der Waals surface area (Å²) in [6.07, 6.45) is 2.69. The highest BCUT2D eigenvalue weighted by atomic mass is 16.5. The molecule has 18 heavy (non-hydrogen) atoms. The van der Waals surface area contributed by atoms with Gasteiger partial charge in [-0.25, -0.2) is 4.79 Å². The number of nitrogens with two attached hydrogens (primary N) is 1. The third kappa shape index (κ3) is 3.59. The van der Waals surface area contributed by atoms with Crippen molar-refractivity contribution < 1.29 is 9.53 Å². The van der Waals surface area contributed by atoms with E-state index in [1.165, 1.54) is 0 Å². The molecule has 1 aliphatic rings. The van der Waals surface area contributed by atoms with Crippen LogP contribution in [0.2, 0.25) is 0 Å². The summed E-state index contributed by atoms with van der Waals surface area (Å²) >= 11 is 0. The molecule has 1 aliphatic heterocycles. The van der Waals surface area contributed by atoms with Crippen LogP contribution < -0.4 is 11.1 Å².